The van der Waals surface area contributed by atoms with Crippen molar-refractivity contribution in [2.75, 3.05) is 6.54 Å². The van der Waals surface area contributed by atoms with Gasteiger partial charge in [-0.1, -0.05) is 5.16 Å². The molecule has 4 heterocycles. The highest BCUT2D eigenvalue weighted by molar-refractivity contribution is 7.99. The zero-order valence-electron chi connectivity index (χ0n) is 14.6. The van der Waals surface area contributed by atoms with Gasteiger partial charge in [0.15, 0.2) is 10.2 Å². The third-order valence-electron chi connectivity index (χ3n) is 4.64. The summed E-state index contributed by atoms with van der Waals surface area (Å²) in [6.07, 6.45) is 3.99. The third-order valence-corrected chi connectivity index (χ3v) is 5.62. The van der Waals surface area contributed by atoms with Crippen LogP contribution in [0, 0.1) is 13.8 Å². The van der Waals surface area contributed by atoms with E-state index in [-0.39, 0.29) is 0 Å². The predicted octanol–water partition coefficient (Wildman–Crippen LogP) is 3.50. The highest BCUT2D eigenvalue weighted by Gasteiger charge is 2.31. The normalized spacial score (nSPS) is 18.3. The van der Waals surface area contributed by atoms with E-state index in [1.807, 2.05) is 37.6 Å². The molecule has 132 valence electrons. The molecule has 1 unspecified atom stereocenters. The zero-order chi connectivity index (χ0) is 17.4. The minimum Gasteiger partial charge on any atom is -0.453 e. The van der Waals surface area contributed by atoms with Crippen LogP contribution in [0.25, 0.3) is 0 Å². The fourth-order valence-corrected chi connectivity index (χ4v) is 4.21. The lowest BCUT2D eigenvalue weighted by atomic mass is 10.0. The molecule has 3 aromatic heterocycles. The van der Waals surface area contributed by atoms with Crippen molar-refractivity contribution in [2.45, 2.75) is 49.5 Å². The molecular formula is C17H21N5O2S. The Balaban J connectivity index is 1.48. The highest BCUT2D eigenvalue weighted by atomic mass is 32.2. The van der Waals surface area contributed by atoms with E-state index in [9.17, 15) is 0 Å². The Morgan fingerprint density at radius 2 is 2.20 bits per heavy atom. The van der Waals surface area contributed by atoms with Gasteiger partial charge in [0.1, 0.15) is 17.8 Å². The van der Waals surface area contributed by atoms with E-state index < -0.39 is 0 Å². The number of furan rings is 1. The molecule has 1 atom stereocenters. The summed E-state index contributed by atoms with van der Waals surface area (Å²) in [4.78, 5) is 2.45. The van der Waals surface area contributed by atoms with Crippen LogP contribution in [0.15, 0.2) is 37.6 Å². The summed E-state index contributed by atoms with van der Waals surface area (Å²) in [6.45, 7) is 5.86. The van der Waals surface area contributed by atoms with Crippen molar-refractivity contribution in [3.8, 4) is 0 Å². The maximum absolute atomic E-state index is 6.00. The van der Waals surface area contributed by atoms with Crippen molar-refractivity contribution in [2.24, 2.45) is 7.05 Å². The Hall–Kier alpha value is -2.06. The van der Waals surface area contributed by atoms with Crippen LogP contribution in [-0.4, -0.2) is 31.4 Å². The van der Waals surface area contributed by atoms with Gasteiger partial charge in [0, 0.05) is 18.7 Å². The number of rotatable bonds is 5. The van der Waals surface area contributed by atoms with Gasteiger partial charge in [-0.25, -0.2) is 0 Å². The first-order valence-corrected chi connectivity index (χ1v) is 9.21. The molecule has 0 N–H and O–H groups in total. The van der Waals surface area contributed by atoms with E-state index in [4.69, 9.17) is 8.94 Å². The summed E-state index contributed by atoms with van der Waals surface area (Å²) in [5, 5.41) is 13.7. The number of likely N-dealkylation sites (tertiary alicyclic amines) is 1. The predicted molar refractivity (Wildman–Crippen MR) is 92.2 cm³/mol. The van der Waals surface area contributed by atoms with E-state index in [2.05, 4.69) is 20.3 Å². The van der Waals surface area contributed by atoms with Crippen molar-refractivity contribution in [1.29, 1.82) is 0 Å². The molecule has 3 aromatic rings. The largest absolute Gasteiger partial charge is 0.453 e. The molecule has 7 nitrogen and oxygen atoms in total. The van der Waals surface area contributed by atoms with Crippen LogP contribution >= 0.6 is 11.8 Å². The van der Waals surface area contributed by atoms with Gasteiger partial charge in [0.2, 0.25) is 0 Å². The van der Waals surface area contributed by atoms with Crippen molar-refractivity contribution >= 4 is 11.8 Å². The van der Waals surface area contributed by atoms with Crippen LogP contribution in [0.4, 0.5) is 0 Å². The molecule has 0 saturated carbocycles. The van der Waals surface area contributed by atoms with Crippen molar-refractivity contribution in [3.05, 3.63) is 41.2 Å². The summed E-state index contributed by atoms with van der Waals surface area (Å²) >= 11 is 1.48. The third kappa shape index (κ3) is 3.23. The lowest BCUT2D eigenvalue weighted by Crippen LogP contribution is -2.23. The average Bonchev–Trinajstić information content (AvgIpc) is 3.34. The molecule has 1 fully saturated rings. The molecule has 1 saturated heterocycles. The van der Waals surface area contributed by atoms with Crippen LogP contribution in [0.5, 0.6) is 0 Å². The number of hydrogen-bond donors (Lipinski definition) is 0. The van der Waals surface area contributed by atoms with E-state index in [0.717, 1.165) is 47.0 Å². The first kappa shape index (κ1) is 16.4. The molecule has 0 aliphatic carbocycles. The number of hydrogen-bond acceptors (Lipinski definition) is 7. The van der Waals surface area contributed by atoms with E-state index in [1.165, 1.54) is 23.7 Å². The second-order valence-electron chi connectivity index (χ2n) is 6.41. The Morgan fingerprint density at radius 1 is 1.32 bits per heavy atom. The second kappa shape index (κ2) is 6.68. The van der Waals surface area contributed by atoms with Crippen molar-refractivity contribution in [1.82, 2.24) is 24.8 Å². The fraction of sp³-hybridized carbons (Fsp3) is 0.471. The molecule has 0 amide bonds. The summed E-state index contributed by atoms with van der Waals surface area (Å²) in [6, 6.07) is 4.39. The van der Waals surface area contributed by atoms with Gasteiger partial charge in [-0.3, -0.25) is 4.90 Å². The number of aromatic nitrogens is 4. The first-order chi connectivity index (χ1) is 12.1. The molecule has 4 rings (SSSR count). The Labute approximate surface area is 150 Å². The van der Waals surface area contributed by atoms with Crippen LogP contribution in [0.3, 0.4) is 0 Å². The molecule has 8 heteroatoms. The minimum absolute atomic E-state index is 0.353. The van der Waals surface area contributed by atoms with Crippen LogP contribution in [0.2, 0.25) is 0 Å². The maximum Gasteiger partial charge on any atom is 0.198 e. The quantitative estimate of drug-likeness (QED) is 0.690. The molecule has 1 aliphatic heterocycles. The van der Waals surface area contributed by atoms with Crippen molar-refractivity contribution < 1.29 is 8.94 Å². The summed E-state index contributed by atoms with van der Waals surface area (Å²) in [5.41, 5.74) is 2.23. The Kier molecular flexibility index (Phi) is 4.39. The molecule has 0 bridgehead atoms. The van der Waals surface area contributed by atoms with Crippen LogP contribution < -0.4 is 0 Å². The molecule has 0 radical (unpaired) electrons. The Morgan fingerprint density at radius 3 is 2.92 bits per heavy atom. The van der Waals surface area contributed by atoms with Gasteiger partial charge >= 0.3 is 0 Å². The van der Waals surface area contributed by atoms with Crippen LogP contribution in [0.1, 0.15) is 41.7 Å². The maximum atomic E-state index is 6.00. The van der Waals surface area contributed by atoms with Gasteiger partial charge < -0.3 is 13.5 Å². The number of aryl methyl sites for hydroxylation is 3. The standard InChI is InChI=1S/C17H21N5O2S/c1-11-16(12(2)24-20-11)14-5-4-8-22(14)9-13-6-7-15(23-13)25-17-19-18-10-21(17)3/h6-7,10,14H,4-5,8-9H2,1-3H3. The monoisotopic (exact) mass is 359 g/mol. The molecule has 0 spiro atoms. The zero-order valence-corrected chi connectivity index (χ0v) is 15.4. The second-order valence-corrected chi connectivity index (χ2v) is 7.39. The van der Waals surface area contributed by atoms with Gasteiger partial charge in [0.05, 0.1) is 12.2 Å². The van der Waals surface area contributed by atoms with Gasteiger partial charge in [0.25, 0.3) is 0 Å². The van der Waals surface area contributed by atoms with Crippen LogP contribution in [-0.2, 0) is 13.6 Å². The van der Waals surface area contributed by atoms with Gasteiger partial charge in [-0.2, -0.15) is 0 Å². The van der Waals surface area contributed by atoms with Gasteiger partial charge in [-0.05, 0) is 57.1 Å². The topological polar surface area (TPSA) is 73.1 Å². The van der Waals surface area contributed by atoms with E-state index >= 15 is 0 Å². The highest BCUT2D eigenvalue weighted by Crippen LogP contribution is 2.37. The minimum atomic E-state index is 0.353. The summed E-state index contributed by atoms with van der Waals surface area (Å²) < 4.78 is 13.2. The molecule has 0 aromatic carbocycles. The van der Waals surface area contributed by atoms with Crippen molar-refractivity contribution in [3.63, 3.8) is 0 Å². The summed E-state index contributed by atoms with van der Waals surface area (Å²) in [7, 11) is 1.92. The van der Waals surface area contributed by atoms with E-state index in [1.54, 1.807) is 6.33 Å². The molecular weight excluding hydrogens is 338 g/mol. The SMILES string of the molecule is Cc1noc(C)c1C1CCCN1Cc1ccc(Sc2nncn2C)o1. The smallest absolute Gasteiger partial charge is 0.198 e. The van der Waals surface area contributed by atoms with E-state index in [0.29, 0.717) is 6.04 Å². The Bertz CT molecular complexity index is 849. The lowest BCUT2D eigenvalue weighted by Gasteiger charge is -2.23. The number of nitrogens with zero attached hydrogens (tertiary/aromatic N) is 5. The molecule has 1 aliphatic rings. The average molecular weight is 359 g/mol. The van der Waals surface area contributed by atoms with Gasteiger partial charge in [-0.15, -0.1) is 10.2 Å². The lowest BCUT2D eigenvalue weighted by molar-refractivity contribution is 0.220. The molecule has 25 heavy (non-hydrogen) atoms. The first-order valence-electron chi connectivity index (χ1n) is 8.39. The fourth-order valence-electron chi connectivity index (χ4n) is 3.46. The summed E-state index contributed by atoms with van der Waals surface area (Å²) in [5.74, 6) is 1.88.